The van der Waals surface area contributed by atoms with E-state index in [-0.39, 0.29) is 28.0 Å². The average Bonchev–Trinajstić information content (AvgIpc) is 2.98. The van der Waals surface area contributed by atoms with Crippen LogP contribution in [0.1, 0.15) is 39.4 Å². The Balaban J connectivity index is 2.25. The molecule has 0 radical (unpaired) electrons. The summed E-state index contributed by atoms with van der Waals surface area (Å²) in [5.41, 5.74) is 0.555. The van der Waals surface area contributed by atoms with E-state index in [1.807, 2.05) is 0 Å². The number of nitrogens with one attached hydrogen (secondary N) is 1. The van der Waals surface area contributed by atoms with Crippen molar-refractivity contribution in [2.24, 2.45) is 0 Å². The summed E-state index contributed by atoms with van der Waals surface area (Å²) in [5, 5.41) is 2.88. The third-order valence-electron chi connectivity index (χ3n) is 3.43. The Morgan fingerprint density at radius 3 is 2.52 bits per heavy atom. The molecule has 0 bridgehead atoms. The molecule has 1 unspecified atom stereocenters. The number of aromatic nitrogens is 2. The molecule has 0 aromatic carbocycles. The molecule has 0 aliphatic carbocycles. The number of amides is 1. The molecule has 2 aromatic heterocycles. The van der Waals surface area contributed by atoms with Gasteiger partial charge in [-0.15, -0.1) is 11.3 Å². The fraction of sp³-hybridized carbons (Fsp3) is 0.353. The predicted octanol–water partition coefficient (Wildman–Crippen LogP) is 2.93. The van der Waals surface area contributed by atoms with Gasteiger partial charge in [-0.1, -0.05) is 11.8 Å². The Kier molecular flexibility index (Phi) is 7.31. The quantitative estimate of drug-likeness (QED) is 0.422. The molecule has 0 saturated carbocycles. The van der Waals surface area contributed by atoms with Gasteiger partial charge in [-0.25, -0.2) is 19.6 Å². The third-order valence-corrected chi connectivity index (χ3v) is 5.60. The van der Waals surface area contributed by atoms with Crippen molar-refractivity contribution in [3.8, 4) is 0 Å². The summed E-state index contributed by atoms with van der Waals surface area (Å²) in [6.07, 6.45) is 3.17. The van der Waals surface area contributed by atoms with E-state index < -0.39 is 17.2 Å². The highest BCUT2D eigenvalue weighted by Crippen LogP contribution is 2.35. The first-order valence-electron chi connectivity index (χ1n) is 8.02. The Bertz CT molecular complexity index is 839. The molecular formula is C17H19N3O5S2. The number of methoxy groups -OCH3 is 1. The van der Waals surface area contributed by atoms with Crippen LogP contribution in [0.15, 0.2) is 23.6 Å². The molecule has 1 atom stereocenters. The lowest BCUT2D eigenvalue weighted by molar-refractivity contribution is -0.115. The minimum atomic E-state index is -0.638. The zero-order chi connectivity index (χ0) is 20.0. The van der Waals surface area contributed by atoms with E-state index in [4.69, 9.17) is 9.47 Å². The normalized spacial score (nSPS) is 11.6. The van der Waals surface area contributed by atoms with Crippen LogP contribution in [-0.2, 0) is 14.3 Å². The minimum absolute atomic E-state index is 0.145. The molecule has 1 N–H and O–H groups in total. The molecule has 10 heteroatoms. The van der Waals surface area contributed by atoms with Gasteiger partial charge < -0.3 is 14.8 Å². The van der Waals surface area contributed by atoms with E-state index >= 15 is 0 Å². The summed E-state index contributed by atoms with van der Waals surface area (Å²) in [7, 11) is 1.24. The largest absolute Gasteiger partial charge is 0.465 e. The molecule has 2 heterocycles. The number of hydrogen-bond acceptors (Lipinski definition) is 9. The van der Waals surface area contributed by atoms with E-state index in [2.05, 4.69) is 15.3 Å². The highest BCUT2D eigenvalue weighted by atomic mass is 32.2. The van der Waals surface area contributed by atoms with Crippen LogP contribution in [0.4, 0.5) is 5.00 Å². The van der Waals surface area contributed by atoms with Crippen LogP contribution in [0.5, 0.6) is 0 Å². The predicted molar refractivity (Wildman–Crippen MR) is 102 cm³/mol. The molecule has 144 valence electrons. The van der Waals surface area contributed by atoms with Gasteiger partial charge in [0.2, 0.25) is 5.91 Å². The first kappa shape index (κ1) is 20.8. The maximum atomic E-state index is 12.5. The lowest BCUT2D eigenvalue weighted by Gasteiger charge is -2.11. The first-order valence-corrected chi connectivity index (χ1v) is 9.72. The Morgan fingerprint density at radius 1 is 1.26 bits per heavy atom. The van der Waals surface area contributed by atoms with Gasteiger partial charge in [0.05, 0.1) is 24.5 Å². The van der Waals surface area contributed by atoms with Crippen molar-refractivity contribution in [3.63, 3.8) is 0 Å². The van der Waals surface area contributed by atoms with E-state index in [1.54, 1.807) is 39.2 Å². The monoisotopic (exact) mass is 409 g/mol. The number of rotatable bonds is 7. The van der Waals surface area contributed by atoms with Gasteiger partial charge in [-0.2, -0.15) is 0 Å². The smallest absolute Gasteiger partial charge is 0.348 e. The van der Waals surface area contributed by atoms with E-state index in [0.29, 0.717) is 10.7 Å². The SMILES string of the molecule is CCOC(=O)c1sc(NC(=O)C(C)Sc2ncccn2)c(C(=O)OC)c1C. The fourth-order valence-electron chi connectivity index (χ4n) is 2.11. The fourth-order valence-corrected chi connectivity index (χ4v) is 3.93. The van der Waals surface area contributed by atoms with Crippen molar-refractivity contribution >= 4 is 45.9 Å². The summed E-state index contributed by atoms with van der Waals surface area (Å²) in [4.78, 5) is 45.2. The van der Waals surface area contributed by atoms with E-state index in [0.717, 1.165) is 11.3 Å². The van der Waals surface area contributed by atoms with E-state index in [1.165, 1.54) is 18.9 Å². The second kappa shape index (κ2) is 9.47. The highest BCUT2D eigenvalue weighted by Gasteiger charge is 2.28. The molecular weight excluding hydrogens is 390 g/mol. The number of ether oxygens (including phenoxy) is 2. The number of carbonyl (C=O) groups excluding carboxylic acids is 3. The number of thioether (sulfide) groups is 1. The van der Waals surface area contributed by atoms with E-state index in [9.17, 15) is 14.4 Å². The number of thiophene rings is 1. The molecule has 0 aliphatic heterocycles. The topological polar surface area (TPSA) is 107 Å². The van der Waals surface area contributed by atoms with Gasteiger partial charge in [-0.3, -0.25) is 4.79 Å². The van der Waals surface area contributed by atoms with Gasteiger partial charge in [-0.05, 0) is 32.4 Å². The van der Waals surface area contributed by atoms with Crippen LogP contribution in [0, 0.1) is 6.92 Å². The molecule has 2 aromatic rings. The molecule has 0 aliphatic rings. The second-order valence-corrected chi connectivity index (χ2v) is 7.58. The third kappa shape index (κ3) is 5.04. The minimum Gasteiger partial charge on any atom is -0.465 e. The van der Waals surface area contributed by atoms with Crippen molar-refractivity contribution in [1.82, 2.24) is 9.97 Å². The maximum Gasteiger partial charge on any atom is 0.348 e. The van der Waals surface area contributed by atoms with Crippen LogP contribution in [0.3, 0.4) is 0 Å². The number of anilines is 1. The summed E-state index contributed by atoms with van der Waals surface area (Å²) in [5.74, 6) is -1.54. The molecule has 8 nitrogen and oxygen atoms in total. The highest BCUT2D eigenvalue weighted by molar-refractivity contribution is 8.00. The zero-order valence-corrected chi connectivity index (χ0v) is 16.9. The number of esters is 2. The van der Waals surface area contributed by atoms with Gasteiger partial charge >= 0.3 is 11.9 Å². The molecule has 0 saturated heterocycles. The van der Waals surface area contributed by atoms with Crippen LogP contribution in [0.2, 0.25) is 0 Å². The summed E-state index contributed by atoms with van der Waals surface area (Å²) in [6.45, 7) is 5.20. The summed E-state index contributed by atoms with van der Waals surface area (Å²) in [6, 6.07) is 1.68. The first-order chi connectivity index (χ1) is 12.9. The van der Waals surface area contributed by atoms with Crippen molar-refractivity contribution in [3.05, 3.63) is 34.5 Å². The molecule has 0 spiro atoms. The number of carbonyl (C=O) groups is 3. The standard InChI is InChI=1S/C17H19N3O5S2/c1-5-25-16(23)12-9(2)11(15(22)24-4)14(27-12)20-13(21)10(3)26-17-18-7-6-8-19-17/h6-8,10H,5H2,1-4H3,(H,20,21). The lowest BCUT2D eigenvalue weighted by atomic mass is 10.1. The lowest BCUT2D eigenvalue weighted by Crippen LogP contribution is -2.23. The van der Waals surface area contributed by atoms with Crippen LogP contribution >= 0.6 is 23.1 Å². The van der Waals surface area contributed by atoms with Crippen molar-refractivity contribution in [1.29, 1.82) is 0 Å². The number of hydrogen-bond donors (Lipinski definition) is 1. The molecule has 0 fully saturated rings. The van der Waals surface area contributed by atoms with Crippen LogP contribution in [0.25, 0.3) is 0 Å². The number of nitrogens with zero attached hydrogens (tertiary/aromatic N) is 2. The Hall–Kier alpha value is -2.46. The molecule has 2 rings (SSSR count). The molecule has 1 amide bonds. The van der Waals surface area contributed by atoms with Gasteiger partial charge in [0.15, 0.2) is 5.16 Å². The van der Waals surface area contributed by atoms with Gasteiger partial charge in [0.25, 0.3) is 0 Å². The molecule has 27 heavy (non-hydrogen) atoms. The maximum absolute atomic E-state index is 12.5. The van der Waals surface area contributed by atoms with Crippen LogP contribution in [-0.4, -0.2) is 46.8 Å². The second-order valence-electron chi connectivity index (χ2n) is 5.25. The van der Waals surface area contributed by atoms with Crippen LogP contribution < -0.4 is 5.32 Å². The summed E-state index contributed by atoms with van der Waals surface area (Å²) >= 11 is 2.16. The zero-order valence-electron chi connectivity index (χ0n) is 15.3. The van der Waals surface area contributed by atoms with Gasteiger partial charge in [0, 0.05) is 12.4 Å². The Labute approximate surface area is 164 Å². The van der Waals surface area contributed by atoms with Gasteiger partial charge in [0.1, 0.15) is 9.88 Å². The summed E-state index contributed by atoms with van der Waals surface area (Å²) < 4.78 is 9.80. The van der Waals surface area contributed by atoms with Crippen molar-refractivity contribution in [2.75, 3.05) is 19.0 Å². The average molecular weight is 409 g/mol. The van der Waals surface area contributed by atoms with Crippen molar-refractivity contribution < 1.29 is 23.9 Å². The Morgan fingerprint density at radius 2 is 1.93 bits per heavy atom. The van der Waals surface area contributed by atoms with Crippen molar-refractivity contribution in [2.45, 2.75) is 31.2 Å².